The molecule has 0 spiro atoms. The van der Waals surface area contributed by atoms with E-state index in [9.17, 15) is 18.3 Å². The smallest absolute Gasteiger partial charge is 0.391 e. The Bertz CT molecular complexity index is 482. The molecule has 1 aliphatic rings. The summed E-state index contributed by atoms with van der Waals surface area (Å²) in [4.78, 5) is 0. The lowest BCUT2D eigenvalue weighted by atomic mass is 9.68. The largest absolute Gasteiger partial charge is 0.419 e. The number of hydrogen-bond donors (Lipinski definition) is 1. The fraction of sp³-hybridized carbons (Fsp3) is 0.800. The van der Waals surface area contributed by atoms with Gasteiger partial charge in [-0.3, -0.25) is 4.68 Å². The van der Waals surface area contributed by atoms with Crippen molar-refractivity contribution in [3.63, 3.8) is 0 Å². The van der Waals surface area contributed by atoms with E-state index in [4.69, 9.17) is 0 Å². The molecule has 1 aromatic rings. The molecule has 3 unspecified atom stereocenters. The topological polar surface area (TPSA) is 38.0 Å². The molecule has 0 amide bonds. The zero-order chi connectivity index (χ0) is 15.8. The Kier molecular flexibility index (Phi) is 4.38. The van der Waals surface area contributed by atoms with E-state index in [0.29, 0.717) is 18.8 Å². The fourth-order valence-corrected chi connectivity index (χ4v) is 3.08. The quantitative estimate of drug-likeness (QED) is 0.915. The molecule has 1 aliphatic carbocycles. The van der Waals surface area contributed by atoms with E-state index in [2.05, 4.69) is 25.9 Å². The molecule has 3 atom stereocenters. The van der Waals surface area contributed by atoms with E-state index in [0.717, 1.165) is 25.2 Å². The van der Waals surface area contributed by atoms with Crippen molar-refractivity contribution < 1.29 is 18.3 Å². The van der Waals surface area contributed by atoms with Crippen molar-refractivity contribution in [3.05, 3.63) is 18.0 Å². The summed E-state index contributed by atoms with van der Waals surface area (Å²) in [6, 6.07) is -0.370. The molecule has 0 aromatic carbocycles. The van der Waals surface area contributed by atoms with Gasteiger partial charge in [0.05, 0.1) is 23.9 Å². The number of hydrogen-bond acceptors (Lipinski definition) is 2. The zero-order valence-electron chi connectivity index (χ0n) is 12.7. The Morgan fingerprint density at radius 2 is 2.00 bits per heavy atom. The van der Waals surface area contributed by atoms with Crippen molar-refractivity contribution >= 4 is 0 Å². The average molecular weight is 304 g/mol. The number of aromatic nitrogens is 2. The Hall–Kier alpha value is -1.04. The molecule has 0 radical (unpaired) electrons. The predicted octanol–water partition coefficient (Wildman–Crippen LogP) is 4.04. The number of rotatable bonds is 3. The van der Waals surface area contributed by atoms with Crippen LogP contribution in [0.25, 0.3) is 0 Å². The second kappa shape index (κ2) is 5.63. The molecule has 1 aromatic heterocycles. The lowest BCUT2D eigenvalue weighted by Crippen LogP contribution is -2.37. The van der Waals surface area contributed by atoms with Crippen molar-refractivity contribution in [2.24, 2.45) is 11.3 Å². The minimum Gasteiger partial charge on any atom is -0.391 e. The second-order valence-electron chi connectivity index (χ2n) is 6.69. The van der Waals surface area contributed by atoms with Crippen molar-refractivity contribution in [3.8, 4) is 0 Å². The highest BCUT2D eigenvalue weighted by atomic mass is 19.4. The van der Waals surface area contributed by atoms with Crippen LogP contribution in [0.5, 0.6) is 0 Å². The Balaban J connectivity index is 2.19. The van der Waals surface area contributed by atoms with Gasteiger partial charge in [0.1, 0.15) is 0 Å². The Labute approximate surface area is 123 Å². The van der Waals surface area contributed by atoms with Gasteiger partial charge in [-0.25, -0.2) is 0 Å². The van der Waals surface area contributed by atoms with Gasteiger partial charge in [0.15, 0.2) is 0 Å². The first-order chi connectivity index (χ1) is 9.65. The van der Waals surface area contributed by atoms with Gasteiger partial charge in [-0.1, -0.05) is 27.2 Å². The van der Waals surface area contributed by atoms with E-state index in [1.165, 1.54) is 4.68 Å². The highest BCUT2D eigenvalue weighted by Gasteiger charge is 2.39. The van der Waals surface area contributed by atoms with E-state index in [1.807, 2.05) is 0 Å². The third-order valence-electron chi connectivity index (χ3n) is 5.07. The van der Waals surface area contributed by atoms with Crippen molar-refractivity contribution in [1.82, 2.24) is 9.78 Å². The lowest BCUT2D eigenvalue weighted by molar-refractivity contribution is -0.137. The summed E-state index contributed by atoms with van der Waals surface area (Å²) in [5.74, 6) is 0.384. The average Bonchev–Trinajstić information content (AvgIpc) is 2.88. The summed E-state index contributed by atoms with van der Waals surface area (Å²) in [5, 5.41) is 14.0. The van der Waals surface area contributed by atoms with Crippen LogP contribution in [-0.4, -0.2) is 21.0 Å². The maximum Gasteiger partial charge on any atom is 0.419 e. The van der Waals surface area contributed by atoms with Gasteiger partial charge in [0.25, 0.3) is 0 Å². The van der Waals surface area contributed by atoms with Gasteiger partial charge in [0, 0.05) is 6.20 Å². The number of aliphatic hydroxyl groups excluding tert-OH is 1. The van der Waals surface area contributed by atoms with Crippen molar-refractivity contribution in [2.45, 2.75) is 64.8 Å². The minimum atomic E-state index is -4.39. The highest BCUT2D eigenvalue weighted by Crippen LogP contribution is 2.44. The fourth-order valence-electron chi connectivity index (χ4n) is 3.08. The normalized spacial score (nSPS) is 27.9. The van der Waals surface area contributed by atoms with Crippen LogP contribution in [0, 0.1) is 11.3 Å². The molecule has 0 saturated heterocycles. The summed E-state index contributed by atoms with van der Waals surface area (Å²) in [7, 11) is 0. The molecule has 21 heavy (non-hydrogen) atoms. The third kappa shape index (κ3) is 3.42. The number of nitrogens with zero attached hydrogens (tertiary/aromatic N) is 2. The van der Waals surface area contributed by atoms with Gasteiger partial charge in [-0.05, 0) is 30.6 Å². The molecule has 1 heterocycles. The van der Waals surface area contributed by atoms with Crippen LogP contribution in [0.2, 0.25) is 0 Å². The third-order valence-corrected chi connectivity index (χ3v) is 5.07. The number of alkyl halides is 3. The molecule has 0 bridgehead atoms. The lowest BCUT2D eigenvalue weighted by Gasteiger charge is -2.41. The summed E-state index contributed by atoms with van der Waals surface area (Å²) in [6.45, 7) is 6.48. The van der Waals surface area contributed by atoms with Crippen LogP contribution in [-0.2, 0) is 6.18 Å². The van der Waals surface area contributed by atoms with Gasteiger partial charge in [-0.15, -0.1) is 0 Å². The van der Waals surface area contributed by atoms with E-state index in [1.54, 1.807) is 0 Å². The maximum atomic E-state index is 12.7. The second-order valence-corrected chi connectivity index (χ2v) is 6.69. The minimum absolute atomic E-state index is 0.123. The van der Waals surface area contributed by atoms with Gasteiger partial charge >= 0.3 is 6.18 Å². The van der Waals surface area contributed by atoms with Gasteiger partial charge < -0.3 is 5.11 Å². The zero-order valence-corrected chi connectivity index (χ0v) is 12.7. The summed E-state index contributed by atoms with van der Waals surface area (Å²) in [6.07, 6.45) is 0.0198. The molecule has 6 heteroatoms. The van der Waals surface area contributed by atoms with Crippen LogP contribution in [0.4, 0.5) is 13.2 Å². The molecular formula is C15H23F3N2O. The summed E-state index contributed by atoms with van der Waals surface area (Å²) in [5.41, 5.74) is -0.634. The van der Waals surface area contributed by atoms with Crippen LogP contribution in [0.3, 0.4) is 0 Å². The first-order valence-electron chi connectivity index (χ1n) is 7.44. The molecule has 3 nitrogen and oxygen atoms in total. The Morgan fingerprint density at radius 1 is 1.33 bits per heavy atom. The monoisotopic (exact) mass is 304 g/mol. The standard InChI is InChI=1S/C15H23F3N2O/c1-4-14(2,3)10-5-6-13(21)12(7-10)20-9-11(8-19-20)15(16,17)18/h8-10,12-13,21H,4-7H2,1-3H3. The molecule has 1 fully saturated rings. The predicted molar refractivity (Wildman–Crippen MR) is 73.7 cm³/mol. The van der Waals surface area contributed by atoms with E-state index in [-0.39, 0.29) is 11.5 Å². The molecule has 1 saturated carbocycles. The van der Waals surface area contributed by atoms with Crippen LogP contribution in [0.15, 0.2) is 12.4 Å². The van der Waals surface area contributed by atoms with Gasteiger partial charge in [-0.2, -0.15) is 18.3 Å². The summed E-state index contributed by atoms with van der Waals surface area (Å²) >= 11 is 0. The van der Waals surface area contributed by atoms with E-state index >= 15 is 0 Å². The molecule has 1 N–H and O–H groups in total. The van der Waals surface area contributed by atoms with Crippen LogP contribution < -0.4 is 0 Å². The van der Waals surface area contributed by atoms with Crippen LogP contribution in [0.1, 0.15) is 58.1 Å². The highest BCUT2D eigenvalue weighted by molar-refractivity contribution is 5.09. The maximum absolute atomic E-state index is 12.7. The first kappa shape index (κ1) is 16.3. The van der Waals surface area contributed by atoms with Gasteiger partial charge in [0.2, 0.25) is 0 Å². The number of aliphatic hydroxyl groups is 1. The van der Waals surface area contributed by atoms with Crippen LogP contribution >= 0.6 is 0 Å². The van der Waals surface area contributed by atoms with Crippen molar-refractivity contribution in [1.29, 1.82) is 0 Å². The SMILES string of the molecule is CCC(C)(C)C1CCC(O)C(n2cc(C(F)(F)F)cn2)C1. The number of halogens is 3. The molecule has 2 rings (SSSR count). The molecule has 0 aliphatic heterocycles. The van der Waals surface area contributed by atoms with E-state index < -0.39 is 17.8 Å². The molecule has 120 valence electrons. The van der Waals surface area contributed by atoms with Crippen molar-refractivity contribution in [2.75, 3.05) is 0 Å². The first-order valence-corrected chi connectivity index (χ1v) is 7.44. The molecular weight excluding hydrogens is 281 g/mol. The Morgan fingerprint density at radius 3 is 2.52 bits per heavy atom. The summed E-state index contributed by atoms with van der Waals surface area (Å²) < 4.78 is 39.3.